The summed E-state index contributed by atoms with van der Waals surface area (Å²) in [7, 11) is 1.56. The molecule has 0 fully saturated rings. The maximum atomic E-state index is 12.7. The average Bonchev–Trinajstić information content (AvgIpc) is 2.69. The lowest BCUT2D eigenvalue weighted by atomic mass is 9.99. The van der Waals surface area contributed by atoms with Gasteiger partial charge in [-0.25, -0.2) is 0 Å². The number of nitrogens with two attached hydrogens (primary N) is 1. The number of ketones is 1. The largest absolute Gasteiger partial charge is 0.497 e. The van der Waals surface area contributed by atoms with E-state index in [-0.39, 0.29) is 18.2 Å². The monoisotopic (exact) mass is 400 g/mol. The zero-order valence-corrected chi connectivity index (χ0v) is 17.1. The van der Waals surface area contributed by atoms with Crippen molar-refractivity contribution in [2.24, 2.45) is 11.7 Å². The maximum Gasteiger partial charge on any atom is 0.243 e. The Balaban J connectivity index is 2.96. The van der Waals surface area contributed by atoms with Gasteiger partial charge in [0.05, 0.1) is 25.3 Å². The topological polar surface area (TPSA) is 134 Å². The van der Waals surface area contributed by atoms with E-state index >= 15 is 0 Å². The van der Waals surface area contributed by atoms with Crippen LogP contribution in [0.1, 0.15) is 32.8 Å². The maximum absolute atomic E-state index is 12.7. The fourth-order valence-corrected chi connectivity index (χ4v) is 2.58. The molecular weight excluding hydrogens is 372 g/mol. The van der Waals surface area contributed by atoms with Crippen molar-refractivity contribution in [1.29, 1.82) is 5.26 Å². The fraction of sp³-hybridized carbons (Fsp3) is 0.429. The van der Waals surface area contributed by atoms with E-state index < -0.39 is 29.8 Å². The molecule has 2 amide bonds. The molecule has 1 rings (SSSR count). The number of nitrogens with zero attached hydrogens (tertiary/aromatic N) is 1. The van der Waals surface area contributed by atoms with Gasteiger partial charge in [-0.1, -0.05) is 32.1 Å². The van der Waals surface area contributed by atoms with Crippen molar-refractivity contribution in [1.82, 2.24) is 10.6 Å². The SMILES string of the molecule is COc1ccc(/C=C/C(=O)C(CC(N)C#N)NC(=O)[C@@H](NC(C)=O)C(C)C)cc1. The molecule has 0 aliphatic rings. The highest BCUT2D eigenvalue weighted by molar-refractivity contribution is 6.00. The van der Waals surface area contributed by atoms with Crippen molar-refractivity contribution in [2.45, 2.75) is 45.3 Å². The molecule has 0 heterocycles. The van der Waals surface area contributed by atoms with E-state index in [0.29, 0.717) is 5.75 Å². The number of methoxy groups -OCH3 is 1. The molecule has 0 aliphatic carbocycles. The molecule has 8 heteroatoms. The molecule has 0 saturated heterocycles. The van der Waals surface area contributed by atoms with Gasteiger partial charge in [-0.15, -0.1) is 0 Å². The van der Waals surface area contributed by atoms with Crippen molar-refractivity contribution < 1.29 is 19.1 Å². The number of carbonyl (C=O) groups excluding carboxylic acids is 3. The normalized spacial score (nSPS) is 14.0. The van der Waals surface area contributed by atoms with E-state index in [1.165, 1.54) is 13.0 Å². The molecule has 3 atom stereocenters. The van der Waals surface area contributed by atoms with Gasteiger partial charge in [-0.05, 0) is 29.7 Å². The van der Waals surface area contributed by atoms with Crippen LogP contribution < -0.4 is 21.1 Å². The Morgan fingerprint density at radius 3 is 2.31 bits per heavy atom. The highest BCUT2D eigenvalue weighted by Gasteiger charge is 2.28. The highest BCUT2D eigenvalue weighted by Crippen LogP contribution is 2.13. The first-order valence-electron chi connectivity index (χ1n) is 9.26. The summed E-state index contributed by atoms with van der Waals surface area (Å²) in [5.74, 6) is -0.748. The van der Waals surface area contributed by atoms with Crippen LogP contribution in [0.5, 0.6) is 5.75 Å². The standard InChI is InChI=1S/C21H28N4O4/c1-13(2)20(24-14(3)26)21(28)25-18(11-16(23)12-22)19(27)10-7-15-5-8-17(29-4)9-6-15/h5-10,13,16,18,20H,11,23H2,1-4H3,(H,24,26)(H,25,28)/b10-7+/t16?,18?,20-/m0/s1. The number of amides is 2. The van der Waals surface area contributed by atoms with Crippen molar-refractivity contribution >= 4 is 23.7 Å². The first-order chi connectivity index (χ1) is 13.7. The number of hydrogen-bond acceptors (Lipinski definition) is 6. The number of hydrogen-bond donors (Lipinski definition) is 3. The van der Waals surface area contributed by atoms with Crippen molar-refractivity contribution in [3.63, 3.8) is 0 Å². The van der Waals surface area contributed by atoms with Gasteiger partial charge in [0.25, 0.3) is 0 Å². The van der Waals surface area contributed by atoms with E-state index in [2.05, 4.69) is 10.6 Å². The predicted octanol–water partition coefficient (Wildman–Crippen LogP) is 1.16. The number of carbonyl (C=O) groups is 3. The summed E-state index contributed by atoms with van der Waals surface area (Å²) in [4.78, 5) is 36.6. The van der Waals surface area contributed by atoms with Crippen LogP contribution in [0.15, 0.2) is 30.3 Å². The molecule has 29 heavy (non-hydrogen) atoms. The number of nitriles is 1. The molecule has 0 aliphatic heterocycles. The summed E-state index contributed by atoms with van der Waals surface area (Å²) >= 11 is 0. The molecule has 1 aromatic carbocycles. The lowest BCUT2D eigenvalue weighted by Crippen LogP contribution is -2.54. The van der Waals surface area contributed by atoms with Gasteiger partial charge >= 0.3 is 0 Å². The number of benzene rings is 1. The van der Waals surface area contributed by atoms with Gasteiger partial charge in [0, 0.05) is 13.3 Å². The Hall–Kier alpha value is -3.18. The molecule has 0 saturated carbocycles. The van der Waals surface area contributed by atoms with E-state index in [1.54, 1.807) is 51.3 Å². The number of nitrogens with one attached hydrogen (secondary N) is 2. The van der Waals surface area contributed by atoms with Crippen LogP contribution in [0, 0.1) is 17.2 Å². The molecule has 0 bridgehead atoms. The Morgan fingerprint density at radius 1 is 1.21 bits per heavy atom. The van der Waals surface area contributed by atoms with E-state index in [4.69, 9.17) is 15.7 Å². The van der Waals surface area contributed by atoms with E-state index in [0.717, 1.165) is 5.56 Å². The summed E-state index contributed by atoms with van der Waals surface area (Å²) in [5, 5.41) is 14.2. The van der Waals surface area contributed by atoms with Crippen LogP contribution in [-0.2, 0) is 14.4 Å². The second kappa shape index (κ2) is 11.6. The van der Waals surface area contributed by atoms with Gasteiger partial charge in [-0.2, -0.15) is 5.26 Å². The predicted molar refractivity (Wildman–Crippen MR) is 110 cm³/mol. The first kappa shape index (κ1) is 23.9. The third-order valence-electron chi connectivity index (χ3n) is 4.18. The Labute approximate surface area is 171 Å². The first-order valence-corrected chi connectivity index (χ1v) is 9.26. The van der Waals surface area contributed by atoms with Crippen molar-refractivity contribution in [2.75, 3.05) is 7.11 Å². The molecule has 8 nitrogen and oxygen atoms in total. The van der Waals surface area contributed by atoms with E-state index in [9.17, 15) is 14.4 Å². The number of rotatable bonds is 10. The van der Waals surface area contributed by atoms with Crippen LogP contribution in [-0.4, -0.2) is 42.8 Å². The van der Waals surface area contributed by atoms with Gasteiger partial charge in [0.15, 0.2) is 5.78 Å². The van der Waals surface area contributed by atoms with Gasteiger partial charge in [0.2, 0.25) is 11.8 Å². The molecule has 0 spiro atoms. The fourth-order valence-electron chi connectivity index (χ4n) is 2.58. The van der Waals surface area contributed by atoms with Gasteiger partial charge in [-0.3, -0.25) is 14.4 Å². The highest BCUT2D eigenvalue weighted by atomic mass is 16.5. The Bertz CT molecular complexity index is 781. The summed E-state index contributed by atoms with van der Waals surface area (Å²) in [6, 6.07) is 6.24. The molecule has 156 valence electrons. The third kappa shape index (κ3) is 8.15. The van der Waals surface area contributed by atoms with Gasteiger partial charge in [0.1, 0.15) is 11.8 Å². The zero-order chi connectivity index (χ0) is 22.0. The molecule has 0 aromatic heterocycles. The Morgan fingerprint density at radius 2 is 1.83 bits per heavy atom. The summed E-state index contributed by atoms with van der Waals surface area (Å²) < 4.78 is 5.09. The number of ether oxygens (including phenoxy) is 1. The average molecular weight is 400 g/mol. The van der Waals surface area contributed by atoms with Crippen LogP contribution in [0.4, 0.5) is 0 Å². The van der Waals surface area contributed by atoms with E-state index in [1.807, 2.05) is 6.07 Å². The smallest absolute Gasteiger partial charge is 0.243 e. The molecule has 0 radical (unpaired) electrons. The molecule has 1 aromatic rings. The quantitative estimate of drug-likeness (QED) is 0.505. The lowest BCUT2D eigenvalue weighted by Gasteiger charge is -2.24. The van der Waals surface area contributed by atoms with Crippen LogP contribution >= 0.6 is 0 Å². The summed E-state index contributed by atoms with van der Waals surface area (Å²) in [6.45, 7) is 4.87. The summed E-state index contributed by atoms with van der Waals surface area (Å²) in [5.41, 5.74) is 6.44. The van der Waals surface area contributed by atoms with Crippen LogP contribution in [0.25, 0.3) is 6.08 Å². The minimum absolute atomic E-state index is 0.0427. The Kier molecular flexibility index (Phi) is 9.56. The van der Waals surface area contributed by atoms with Crippen LogP contribution in [0.3, 0.4) is 0 Å². The lowest BCUT2D eigenvalue weighted by molar-refractivity contribution is -0.131. The molecule has 4 N–H and O–H groups in total. The zero-order valence-electron chi connectivity index (χ0n) is 17.1. The molecular formula is C21H28N4O4. The van der Waals surface area contributed by atoms with Gasteiger partial charge < -0.3 is 21.1 Å². The third-order valence-corrected chi connectivity index (χ3v) is 4.18. The minimum atomic E-state index is -0.985. The second-order valence-electron chi connectivity index (χ2n) is 6.96. The van der Waals surface area contributed by atoms with Crippen molar-refractivity contribution in [3.05, 3.63) is 35.9 Å². The minimum Gasteiger partial charge on any atom is -0.497 e. The van der Waals surface area contributed by atoms with Crippen LogP contribution in [0.2, 0.25) is 0 Å². The molecule has 2 unspecified atom stereocenters. The second-order valence-corrected chi connectivity index (χ2v) is 6.96. The van der Waals surface area contributed by atoms with Crippen molar-refractivity contribution in [3.8, 4) is 11.8 Å². The summed E-state index contributed by atoms with van der Waals surface area (Å²) in [6.07, 6.45) is 2.89.